The molecule has 1 heterocycles. The topological polar surface area (TPSA) is 72.3 Å². The van der Waals surface area contributed by atoms with E-state index in [0.29, 0.717) is 11.3 Å². The van der Waals surface area contributed by atoms with E-state index in [1.54, 1.807) is 6.20 Å². The highest BCUT2D eigenvalue weighted by molar-refractivity contribution is 6.00. The summed E-state index contributed by atoms with van der Waals surface area (Å²) in [4.78, 5) is 12.1. The van der Waals surface area contributed by atoms with Gasteiger partial charge in [-0.15, -0.1) is 0 Å². The number of nitrogens with zero attached hydrogens (tertiary/aromatic N) is 2. The highest BCUT2D eigenvalue weighted by Gasteiger charge is 2.17. The molecule has 0 atom stereocenters. The zero-order valence-corrected chi connectivity index (χ0v) is 11.5. The fourth-order valence-corrected chi connectivity index (χ4v) is 2.25. The highest BCUT2D eigenvalue weighted by atomic mass is 16.5. The van der Waals surface area contributed by atoms with Gasteiger partial charge >= 0.3 is 5.97 Å². The number of carbonyl (C=O) groups excluding carboxylic acids is 1. The minimum atomic E-state index is -0.385. The number of carbonyl (C=O) groups is 1. The van der Waals surface area contributed by atoms with Gasteiger partial charge in [-0.1, -0.05) is 12.7 Å². The van der Waals surface area contributed by atoms with Crippen molar-refractivity contribution in [2.24, 2.45) is 0 Å². The van der Waals surface area contributed by atoms with E-state index in [1.165, 1.54) is 6.08 Å². The molecule has 0 spiro atoms. The molecule has 0 amide bonds. The number of fused-ring (bicyclic) bond motifs is 1. The molecular weight excluding hydrogens is 256 g/mol. The van der Waals surface area contributed by atoms with E-state index in [4.69, 9.17) is 4.74 Å². The number of rotatable bonds is 4. The zero-order valence-electron chi connectivity index (χ0n) is 11.5. The number of aromatic nitrogens is 2. The van der Waals surface area contributed by atoms with Crippen molar-refractivity contribution in [1.29, 1.82) is 0 Å². The number of esters is 1. The SMILES string of the molecule is C=CCOC(=O)c1c(C)cc2c(CO)nncc2c1C. The smallest absolute Gasteiger partial charge is 0.339 e. The standard InChI is InChI=1S/C15H16N2O3/c1-4-5-20-15(19)14-9(2)6-11-12(10(14)3)7-16-17-13(11)8-18/h4,6-7,18H,1,5,8H2,2-3H3. The van der Waals surface area contributed by atoms with E-state index in [9.17, 15) is 9.90 Å². The summed E-state index contributed by atoms with van der Waals surface area (Å²) in [5.74, 6) is -0.385. The normalized spacial score (nSPS) is 10.6. The van der Waals surface area contributed by atoms with Crippen molar-refractivity contribution >= 4 is 16.7 Å². The predicted octanol–water partition coefficient (Wildman–Crippen LogP) is 2.08. The minimum absolute atomic E-state index is 0.173. The van der Waals surface area contributed by atoms with Gasteiger partial charge in [-0.3, -0.25) is 0 Å². The third kappa shape index (κ3) is 2.40. The van der Waals surface area contributed by atoms with Crippen LogP contribution in [0.3, 0.4) is 0 Å². The first kappa shape index (κ1) is 14.1. The van der Waals surface area contributed by atoms with E-state index in [1.807, 2.05) is 19.9 Å². The van der Waals surface area contributed by atoms with Crippen molar-refractivity contribution in [2.75, 3.05) is 6.61 Å². The Bertz CT molecular complexity index is 680. The number of aryl methyl sites for hydroxylation is 2. The van der Waals surface area contributed by atoms with Crippen LogP contribution in [0, 0.1) is 13.8 Å². The van der Waals surface area contributed by atoms with Crippen LogP contribution in [-0.2, 0) is 11.3 Å². The van der Waals surface area contributed by atoms with E-state index in [-0.39, 0.29) is 19.2 Å². The number of hydrogen-bond acceptors (Lipinski definition) is 5. The van der Waals surface area contributed by atoms with Gasteiger partial charge in [0.05, 0.1) is 24.1 Å². The van der Waals surface area contributed by atoms with Crippen LogP contribution in [0.15, 0.2) is 24.9 Å². The second-order valence-corrected chi connectivity index (χ2v) is 4.49. The van der Waals surface area contributed by atoms with Crippen LogP contribution in [0.1, 0.15) is 27.2 Å². The van der Waals surface area contributed by atoms with Gasteiger partial charge in [0.25, 0.3) is 0 Å². The van der Waals surface area contributed by atoms with Crippen LogP contribution >= 0.6 is 0 Å². The molecule has 0 aliphatic rings. The van der Waals surface area contributed by atoms with Gasteiger partial charge in [0.2, 0.25) is 0 Å². The zero-order chi connectivity index (χ0) is 14.7. The summed E-state index contributed by atoms with van der Waals surface area (Å²) in [5.41, 5.74) is 2.58. The molecule has 0 saturated heterocycles. The summed E-state index contributed by atoms with van der Waals surface area (Å²) < 4.78 is 5.10. The molecule has 2 aromatic rings. The summed E-state index contributed by atoms with van der Waals surface area (Å²) in [6, 6.07) is 1.83. The van der Waals surface area contributed by atoms with Crippen LogP contribution in [-0.4, -0.2) is 27.9 Å². The number of hydrogen-bond donors (Lipinski definition) is 1. The molecular formula is C15H16N2O3. The first-order chi connectivity index (χ1) is 9.60. The lowest BCUT2D eigenvalue weighted by Crippen LogP contribution is -2.10. The number of aliphatic hydroxyl groups is 1. The number of benzene rings is 1. The van der Waals surface area contributed by atoms with Crippen LogP contribution in [0.25, 0.3) is 10.8 Å². The van der Waals surface area contributed by atoms with E-state index in [0.717, 1.165) is 21.9 Å². The molecule has 5 heteroatoms. The van der Waals surface area contributed by atoms with E-state index < -0.39 is 0 Å². The van der Waals surface area contributed by atoms with Crippen molar-refractivity contribution in [1.82, 2.24) is 10.2 Å². The molecule has 0 aliphatic heterocycles. The molecule has 1 N–H and O–H groups in total. The fraction of sp³-hybridized carbons (Fsp3) is 0.267. The van der Waals surface area contributed by atoms with E-state index >= 15 is 0 Å². The van der Waals surface area contributed by atoms with Gasteiger partial charge in [0, 0.05) is 10.8 Å². The molecule has 104 valence electrons. The molecule has 0 bridgehead atoms. The van der Waals surface area contributed by atoms with Crippen molar-refractivity contribution in [3.63, 3.8) is 0 Å². The molecule has 20 heavy (non-hydrogen) atoms. The van der Waals surface area contributed by atoms with Gasteiger partial charge < -0.3 is 9.84 Å². The van der Waals surface area contributed by atoms with Gasteiger partial charge in [0.15, 0.2) is 0 Å². The van der Waals surface area contributed by atoms with Crippen molar-refractivity contribution in [3.05, 3.63) is 47.3 Å². The highest BCUT2D eigenvalue weighted by Crippen LogP contribution is 2.26. The van der Waals surface area contributed by atoms with Crippen LogP contribution < -0.4 is 0 Å². The number of aliphatic hydroxyl groups excluding tert-OH is 1. The molecule has 0 fully saturated rings. The van der Waals surface area contributed by atoms with E-state index in [2.05, 4.69) is 16.8 Å². The third-order valence-corrected chi connectivity index (χ3v) is 3.19. The Morgan fingerprint density at radius 1 is 1.45 bits per heavy atom. The first-order valence-corrected chi connectivity index (χ1v) is 6.23. The Hall–Kier alpha value is -2.27. The molecule has 0 radical (unpaired) electrons. The molecule has 5 nitrogen and oxygen atoms in total. The molecule has 1 aromatic heterocycles. The molecule has 1 aromatic carbocycles. The minimum Gasteiger partial charge on any atom is -0.458 e. The second kappa shape index (κ2) is 5.79. The molecule has 0 unspecified atom stereocenters. The summed E-state index contributed by atoms with van der Waals surface area (Å²) in [7, 11) is 0. The lowest BCUT2D eigenvalue weighted by atomic mass is 9.96. The summed E-state index contributed by atoms with van der Waals surface area (Å²) in [5, 5.41) is 18.7. The van der Waals surface area contributed by atoms with Gasteiger partial charge in [-0.05, 0) is 31.0 Å². The summed E-state index contributed by atoms with van der Waals surface area (Å²) >= 11 is 0. The maximum absolute atomic E-state index is 12.1. The Kier molecular flexibility index (Phi) is 4.10. The quantitative estimate of drug-likeness (QED) is 0.681. The van der Waals surface area contributed by atoms with Crippen molar-refractivity contribution in [2.45, 2.75) is 20.5 Å². The van der Waals surface area contributed by atoms with Gasteiger partial charge in [0.1, 0.15) is 6.61 Å². The largest absolute Gasteiger partial charge is 0.458 e. The van der Waals surface area contributed by atoms with Crippen LogP contribution in [0.2, 0.25) is 0 Å². The van der Waals surface area contributed by atoms with Gasteiger partial charge in [-0.25, -0.2) is 4.79 Å². The lowest BCUT2D eigenvalue weighted by Gasteiger charge is -2.13. The van der Waals surface area contributed by atoms with Crippen LogP contribution in [0.4, 0.5) is 0 Å². The maximum atomic E-state index is 12.1. The van der Waals surface area contributed by atoms with Crippen LogP contribution in [0.5, 0.6) is 0 Å². The predicted molar refractivity (Wildman–Crippen MR) is 75.4 cm³/mol. The summed E-state index contributed by atoms with van der Waals surface area (Å²) in [6.07, 6.45) is 3.12. The Morgan fingerprint density at radius 3 is 2.85 bits per heavy atom. The summed E-state index contributed by atoms with van der Waals surface area (Å²) in [6.45, 7) is 7.17. The Morgan fingerprint density at radius 2 is 2.20 bits per heavy atom. The molecule has 0 saturated carbocycles. The van der Waals surface area contributed by atoms with Crippen molar-refractivity contribution in [3.8, 4) is 0 Å². The third-order valence-electron chi connectivity index (χ3n) is 3.19. The average molecular weight is 272 g/mol. The lowest BCUT2D eigenvalue weighted by molar-refractivity contribution is 0.0548. The molecule has 2 rings (SSSR count). The average Bonchev–Trinajstić information content (AvgIpc) is 2.44. The first-order valence-electron chi connectivity index (χ1n) is 6.23. The Labute approximate surface area is 116 Å². The number of ether oxygens (including phenoxy) is 1. The maximum Gasteiger partial charge on any atom is 0.339 e. The fourth-order valence-electron chi connectivity index (χ4n) is 2.25. The Balaban J connectivity index is 2.63. The second-order valence-electron chi connectivity index (χ2n) is 4.49. The van der Waals surface area contributed by atoms with Crippen molar-refractivity contribution < 1.29 is 14.6 Å². The van der Waals surface area contributed by atoms with Gasteiger partial charge in [-0.2, -0.15) is 10.2 Å². The monoisotopic (exact) mass is 272 g/mol. The molecule has 0 aliphatic carbocycles.